The molecule has 0 spiro atoms. The summed E-state index contributed by atoms with van der Waals surface area (Å²) in [6.45, 7) is 1.94. The fourth-order valence-electron chi connectivity index (χ4n) is 2.00. The van der Waals surface area contributed by atoms with Crippen molar-refractivity contribution in [2.75, 3.05) is 5.73 Å². The van der Waals surface area contributed by atoms with Gasteiger partial charge in [-0.25, -0.2) is 4.68 Å². The molecule has 3 N–H and O–H groups in total. The van der Waals surface area contributed by atoms with Gasteiger partial charge in [0.1, 0.15) is 5.82 Å². The lowest BCUT2D eigenvalue weighted by Gasteiger charge is -2.16. The molecule has 0 amide bonds. The van der Waals surface area contributed by atoms with Crippen molar-refractivity contribution in [2.45, 2.75) is 38.3 Å². The lowest BCUT2D eigenvalue weighted by molar-refractivity contribution is 0.131. The Labute approximate surface area is 96.6 Å². The van der Waals surface area contributed by atoms with E-state index in [4.69, 9.17) is 5.73 Å². The van der Waals surface area contributed by atoms with Gasteiger partial charge in [-0.05, 0) is 48.8 Å². The zero-order valence-corrected chi connectivity index (χ0v) is 10.2. The first-order valence-electron chi connectivity index (χ1n) is 4.79. The highest BCUT2D eigenvalue weighted by Gasteiger charge is 2.29. The third-order valence-corrected chi connectivity index (χ3v) is 4.14. The van der Waals surface area contributed by atoms with Crippen LogP contribution in [0.3, 0.4) is 0 Å². The minimum atomic E-state index is -0.285. The molecule has 5 heteroatoms. The molecule has 1 aliphatic carbocycles. The standard InChI is InChI=1S/C9H14IN3O/c1-5-8(10)9(11)13(12-5)6-3-2-4-7(6)14/h6-7,14H,2-4,11H2,1H3. The molecule has 1 aliphatic rings. The predicted octanol–water partition coefficient (Wildman–Crippen LogP) is 1.46. The molecule has 14 heavy (non-hydrogen) atoms. The number of aryl methyl sites for hydroxylation is 1. The van der Waals surface area contributed by atoms with Crippen molar-refractivity contribution < 1.29 is 5.11 Å². The van der Waals surface area contributed by atoms with E-state index in [0.717, 1.165) is 28.5 Å². The number of aromatic nitrogens is 2. The maximum atomic E-state index is 9.75. The van der Waals surface area contributed by atoms with Crippen LogP contribution < -0.4 is 5.73 Å². The first-order valence-corrected chi connectivity index (χ1v) is 5.87. The number of aliphatic hydroxyl groups excluding tert-OH is 1. The number of halogens is 1. The quantitative estimate of drug-likeness (QED) is 0.772. The Hall–Kier alpha value is -0.300. The second kappa shape index (κ2) is 3.69. The fourth-order valence-corrected chi connectivity index (χ4v) is 2.36. The van der Waals surface area contributed by atoms with Crippen molar-refractivity contribution in [3.05, 3.63) is 9.26 Å². The smallest absolute Gasteiger partial charge is 0.135 e. The van der Waals surface area contributed by atoms with Gasteiger partial charge in [-0.1, -0.05) is 0 Å². The zero-order valence-electron chi connectivity index (χ0n) is 8.07. The Balaban J connectivity index is 2.36. The van der Waals surface area contributed by atoms with Gasteiger partial charge in [0, 0.05) is 0 Å². The SMILES string of the molecule is Cc1nn(C2CCCC2O)c(N)c1I. The number of hydrogen-bond acceptors (Lipinski definition) is 3. The zero-order chi connectivity index (χ0) is 10.3. The van der Waals surface area contributed by atoms with E-state index in [1.807, 2.05) is 6.92 Å². The highest BCUT2D eigenvalue weighted by molar-refractivity contribution is 14.1. The van der Waals surface area contributed by atoms with E-state index < -0.39 is 0 Å². The Kier molecular flexibility index (Phi) is 2.70. The summed E-state index contributed by atoms with van der Waals surface area (Å²) in [5.74, 6) is 0.689. The third kappa shape index (κ3) is 1.52. The van der Waals surface area contributed by atoms with Crippen LogP contribution >= 0.6 is 22.6 Å². The highest BCUT2D eigenvalue weighted by atomic mass is 127. The van der Waals surface area contributed by atoms with E-state index in [-0.39, 0.29) is 12.1 Å². The Morgan fingerprint density at radius 3 is 2.71 bits per heavy atom. The van der Waals surface area contributed by atoms with Crippen molar-refractivity contribution in [3.8, 4) is 0 Å². The minimum absolute atomic E-state index is 0.0808. The second-order valence-corrected chi connectivity index (χ2v) is 4.87. The van der Waals surface area contributed by atoms with Crippen molar-refractivity contribution in [1.82, 2.24) is 9.78 Å². The molecular weight excluding hydrogens is 293 g/mol. The number of rotatable bonds is 1. The molecule has 2 rings (SSSR count). The number of nitrogens with zero attached hydrogens (tertiary/aromatic N) is 2. The van der Waals surface area contributed by atoms with Crippen LogP contribution in [-0.4, -0.2) is 21.0 Å². The van der Waals surface area contributed by atoms with Crippen LogP contribution in [-0.2, 0) is 0 Å². The first kappa shape index (κ1) is 10.2. The number of aliphatic hydroxyl groups is 1. The van der Waals surface area contributed by atoms with Crippen molar-refractivity contribution in [3.63, 3.8) is 0 Å². The average Bonchev–Trinajstić information content (AvgIpc) is 2.66. The molecule has 0 aromatic carbocycles. The van der Waals surface area contributed by atoms with Crippen molar-refractivity contribution in [2.24, 2.45) is 0 Å². The second-order valence-electron chi connectivity index (χ2n) is 3.79. The van der Waals surface area contributed by atoms with E-state index in [1.54, 1.807) is 4.68 Å². The normalized spacial score (nSPS) is 27.1. The molecule has 1 fully saturated rings. The van der Waals surface area contributed by atoms with Crippen molar-refractivity contribution >= 4 is 28.4 Å². The fraction of sp³-hybridized carbons (Fsp3) is 0.667. The monoisotopic (exact) mass is 307 g/mol. The Morgan fingerprint density at radius 2 is 2.29 bits per heavy atom. The molecule has 2 unspecified atom stereocenters. The van der Waals surface area contributed by atoms with Crippen LogP contribution in [0.2, 0.25) is 0 Å². The van der Waals surface area contributed by atoms with Gasteiger partial charge < -0.3 is 10.8 Å². The molecule has 1 heterocycles. The minimum Gasteiger partial charge on any atom is -0.391 e. The number of nitrogens with two attached hydrogens (primary N) is 1. The van der Waals surface area contributed by atoms with Crippen LogP contribution in [0.25, 0.3) is 0 Å². The summed E-state index contributed by atoms with van der Waals surface area (Å²) in [4.78, 5) is 0. The molecule has 2 atom stereocenters. The summed E-state index contributed by atoms with van der Waals surface area (Å²) in [7, 11) is 0. The predicted molar refractivity (Wildman–Crippen MR) is 63.0 cm³/mol. The largest absolute Gasteiger partial charge is 0.391 e. The molecular formula is C9H14IN3O. The topological polar surface area (TPSA) is 64.1 Å². The van der Waals surface area contributed by atoms with E-state index >= 15 is 0 Å². The molecule has 0 saturated heterocycles. The average molecular weight is 307 g/mol. The molecule has 1 aromatic rings. The summed E-state index contributed by atoms with van der Waals surface area (Å²) in [6, 6.07) is 0.0808. The molecule has 0 radical (unpaired) electrons. The number of nitrogen functional groups attached to an aromatic ring is 1. The van der Waals surface area contributed by atoms with Crippen LogP contribution in [0.5, 0.6) is 0 Å². The first-order chi connectivity index (χ1) is 6.61. The van der Waals surface area contributed by atoms with Gasteiger partial charge in [0.05, 0.1) is 21.4 Å². The lowest BCUT2D eigenvalue weighted by Crippen LogP contribution is -2.21. The van der Waals surface area contributed by atoms with Crippen LogP contribution in [0.4, 0.5) is 5.82 Å². The van der Waals surface area contributed by atoms with E-state index in [0.29, 0.717) is 5.82 Å². The molecule has 4 nitrogen and oxygen atoms in total. The number of hydrogen-bond donors (Lipinski definition) is 2. The summed E-state index contributed by atoms with van der Waals surface area (Å²) in [6.07, 6.45) is 2.61. The highest BCUT2D eigenvalue weighted by Crippen LogP contribution is 2.33. The van der Waals surface area contributed by atoms with Crippen molar-refractivity contribution in [1.29, 1.82) is 0 Å². The van der Waals surface area contributed by atoms with Crippen LogP contribution in [0, 0.1) is 10.5 Å². The molecule has 1 aromatic heterocycles. The summed E-state index contributed by atoms with van der Waals surface area (Å²) in [5.41, 5.74) is 6.87. The van der Waals surface area contributed by atoms with Gasteiger partial charge in [-0.15, -0.1) is 0 Å². The van der Waals surface area contributed by atoms with Crippen LogP contribution in [0.15, 0.2) is 0 Å². The van der Waals surface area contributed by atoms with Gasteiger partial charge in [0.15, 0.2) is 0 Å². The Bertz CT molecular complexity index is 350. The summed E-state index contributed by atoms with van der Waals surface area (Å²) < 4.78 is 2.79. The Morgan fingerprint density at radius 1 is 1.57 bits per heavy atom. The lowest BCUT2D eigenvalue weighted by atomic mass is 10.2. The maximum absolute atomic E-state index is 9.75. The molecule has 0 aliphatic heterocycles. The van der Waals surface area contributed by atoms with E-state index in [9.17, 15) is 5.11 Å². The number of anilines is 1. The molecule has 1 saturated carbocycles. The molecule has 78 valence electrons. The van der Waals surface area contributed by atoms with Gasteiger partial charge in [0.25, 0.3) is 0 Å². The van der Waals surface area contributed by atoms with E-state index in [2.05, 4.69) is 27.7 Å². The molecule has 0 bridgehead atoms. The van der Waals surface area contributed by atoms with E-state index in [1.165, 1.54) is 0 Å². The van der Waals surface area contributed by atoms with Gasteiger partial charge in [-0.2, -0.15) is 5.10 Å². The summed E-state index contributed by atoms with van der Waals surface area (Å²) in [5, 5.41) is 14.1. The van der Waals surface area contributed by atoms with Gasteiger partial charge in [-0.3, -0.25) is 0 Å². The summed E-state index contributed by atoms with van der Waals surface area (Å²) >= 11 is 2.19. The van der Waals surface area contributed by atoms with Gasteiger partial charge in [0.2, 0.25) is 0 Å². The maximum Gasteiger partial charge on any atom is 0.135 e. The van der Waals surface area contributed by atoms with Crippen LogP contribution in [0.1, 0.15) is 31.0 Å². The third-order valence-electron chi connectivity index (χ3n) is 2.81. The van der Waals surface area contributed by atoms with Gasteiger partial charge >= 0.3 is 0 Å².